The van der Waals surface area contributed by atoms with Crippen LogP contribution in [0.3, 0.4) is 0 Å². The molecule has 0 aliphatic rings. The third-order valence-corrected chi connectivity index (χ3v) is 0.905. The van der Waals surface area contributed by atoms with Gasteiger partial charge in [-0.3, -0.25) is 0 Å². The van der Waals surface area contributed by atoms with Crippen molar-refractivity contribution in [1.29, 1.82) is 0 Å². The van der Waals surface area contributed by atoms with Crippen LogP contribution < -0.4 is 5.73 Å². The number of rotatable bonds is 0. The van der Waals surface area contributed by atoms with E-state index in [2.05, 4.69) is 0 Å². The molecule has 45 valence electrons. The highest BCUT2D eigenvalue weighted by molar-refractivity contribution is 5.75. The van der Waals surface area contributed by atoms with Crippen molar-refractivity contribution in [2.45, 2.75) is 0 Å². The van der Waals surface area contributed by atoms with Gasteiger partial charge in [0.1, 0.15) is 5.82 Å². The Morgan fingerprint density at radius 3 is 2.11 bits per heavy atom. The van der Waals surface area contributed by atoms with Crippen LogP contribution in [-0.2, 0) is 0 Å². The predicted octanol–water partition coefficient (Wildman–Crippen LogP) is 1.03. The summed E-state index contributed by atoms with van der Waals surface area (Å²) in [6.07, 6.45) is 0. The van der Waals surface area contributed by atoms with Gasteiger partial charge in [-0.15, -0.1) is 0 Å². The molecule has 0 saturated heterocycles. The van der Waals surface area contributed by atoms with E-state index >= 15 is 0 Å². The van der Waals surface area contributed by atoms with Gasteiger partial charge in [0, 0.05) is 8.41 Å². The Balaban J connectivity index is 0.000000640. The monoisotopic (exact) mass is 122 g/mol. The van der Waals surface area contributed by atoms with Crippen molar-refractivity contribution in [3.05, 3.63) is 30.1 Å². The molecule has 0 amide bonds. The summed E-state index contributed by atoms with van der Waals surface area (Å²) in [7, 11) is 0. The molecule has 0 atom stereocenters. The van der Waals surface area contributed by atoms with Crippen LogP contribution in [0, 0.1) is 5.82 Å². The quantitative estimate of drug-likeness (QED) is 0.403. The Morgan fingerprint density at radius 1 is 1.22 bits per heavy atom. The van der Waals surface area contributed by atoms with Gasteiger partial charge in [0.15, 0.2) is 0 Å². The molecule has 0 heterocycles. The molecule has 0 aliphatic heterocycles. The first-order valence-corrected chi connectivity index (χ1v) is 2.31. The fourth-order valence-corrected chi connectivity index (χ4v) is 0.475. The van der Waals surface area contributed by atoms with Gasteiger partial charge in [-0.05, 0) is 12.1 Å². The van der Waals surface area contributed by atoms with E-state index in [1.807, 2.05) is 0 Å². The lowest BCUT2D eigenvalue weighted by Gasteiger charge is -1.89. The van der Waals surface area contributed by atoms with Crippen LogP contribution in [0.4, 0.5) is 10.1 Å². The normalized spacial score (nSPS) is 8.11. The highest BCUT2D eigenvalue weighted by atomic mass is 19.1. The smallest absolute Gasteiger partial charge is 0.146 e. The maximum absolute atomic E-state index is 12.2. The maximum atomic E-state index is 12.2. The van der Waals surface area contributed by atoms with E-state index in [1.165, 1.54) is 12.1 Å². The molecular formula is C6H6BFN. The molecule has 3 heteroatoms. The van der Waals surface area contributed by atoms with Crippen LogP contribution in [0.15, 0.2) is 24.3 Å². The number of nitrogens with two attached hydrogens (primary N) is 1. The summed E-state index contributed by atoms with van der Waals surface area (Å²) in [5, 5.41) is 0. The number of benzene rings is 1. The molecule has 1 aromatic carbocycles. The number of hydrogen-bond donors (Lipinski definition) is 1. The number of anilines is 1. The van der Waals surface area contributed by atoms with E-state index < -0.39 is 0 Å². The molecule has 9 heavy (non-hydrogen) atoms. The first kappa shape index (κ1) is 8.01. The Hall–Kier alpha value is -0.985. The van der Waals surface area contributed by atoms with Crippen LogP contribution in [0.25, 0.3) is 0 Å². The van der Waals surface area contributed by atoms with E-state index in [-0.39, 0.29) is 19.9 Å². The number of nitrogen functional groups attached to an aromatic ring is 1. The standard InChI is InChI=1S/C6H6FN.B/c7-5-3-1-2-4-6(5)8;/h1-4H,8H2;. The van der Waals surface area contributed by atoms with Gasteiger partial charge < -0.3 is 5.73 Å². The Morgan fingerprint density at radius 2 is 1.78 bits per heavy atom. The molecule has 1 nitrogen and oxygen atoms in total. The molecule has 1 rings (SSSR count). The van der Waals surface area contributed by atoms with Gasteiger partial charge in [-0.2, -0.15) is 0 Å². The first-order chi connectivity index (χ1) is 3.80. The highest BCUT2D eigenvalue weighted by Gasteiger charge is 1.89. The van der Waals surface area contributed by atoms with E-state index in [0.29, 0.717) is 0 Å². The number of halogens is 1. The minimum atomic E-state index is -0.354. The summed E-state index contributed by atoms with van der Waals surface area (Å²) < 4.78 is 12.2. The molecule has 2 N–H and O–H groups in total. The predicted molar refractivity (Wildman–Crippen MR) is 36.6 cm³/mol. The van der Waals surface area contributed by atoms with Crippen molar-refractivity contribution in [2.75, 3.05) is 5.73 Å². The van der Waals surface area contributed by atoms with E-state index in [1.54, 1.807) is 12.1 Å². The zero-order chi connectivity index (χ0) is 5.98. The fraction of sp³-hybridized carbons (Fsp3) is 0. The van der Waals surface area contributed by atoms with Crippen molar-refractivity contribution in [2.24, 2.45) is 0 Å². The van der Waals surface area contributed by atoms with Gasteiger partial charge >= 0.3 is 0 Å². The molecular weight excluding hydrogens is 116 g/mol. The average Bonchev–Trinajstić information content (AvgIpc) is 1.77. The minimum Gasteiger partial charge on any atom is -0.396 e. The zero-order valence-electron chi connectivity index (χ0n) is 4.84. The fourth-order valence-electron chi connectivity index (χ4n) is 0.475. The van der Waals surface area contributed by atoms with Crippen molar-refractivity contribution in [3.8, 4) is 0 Å². The maximum Gasteiger partial charge on any atom is 0.146 e. The lowest BCUT2D eigenvalue weighted by atomic mass is 10.3. The summed E-state index contributed by atoms with van der Waals surface area (Å²) in [5.41, 5.74) is 5.35. The molecule has 0 saturated carbocycles. The van der Waals surface area contributed by atoms with E-state index in [0.717, 1.165) is 0 Å². The van der Waals surface area contributed by atoms with Crippen LogP contribution in [0.5, 0.6) is 0 Å². The molecule has 0 aromatic heterocycles. The second-order valence-corrected chi connectivity index (χ2v) is 1.52. The summed E-state index contributed by atoms with van der Waals surface area (Å²) in [4.78, 5) is 0. The van der Waals surface area contributed by atoms with Crippen LogP contribution in [0.1, 0.15) is 0 Å². The molecule has 0 spiro atoms. The SMILES string of the molecule is Nc1ccccc1F.[B]. The van der Waals surface area contributed by atoms with Gasteiger partial charge in [0.25, 0.3) is 0 Å². The molecule has 1 aromatic rings. The third kappa shape index (κ3) is 1.76. The van der Waals surface area contributed by atoms with Crippen LogP contribution in [-0.4, -0.2) is 8.41 Å². The second-order valence-electron chi connectivity index (χ2n) is 1.52. The summed E-state index contributed by atoms with van der Waals surface area (Å²) >= 11 is 0. The van der Waals surface area contributed by atoms with Crippen molar-refractivity contribution >= 4 is 14.1 Å². The summed E-state index contributed by atoms with van der Waals surface area (Å²) in [6.45, 7) is 0. The van der Waals surface area contributed by atoms with Gasteiger partial charge in [0.05, 0.1) is 5.69 Å². The topological polar surface area (TPSA) is 26.0 Å². The molecule has 0 bridgehead atoms. The first-order valence-electron chi connectivity index (χ1n) is 2.31. The van der Waals surface area contributed by atoms with Crippen LogP contribution >= 0.6 is 0 Å². The van der Waals surface area contributed by atoms with Gasteiger partial charge in [0.2, 0.25) is 0 Å². The second kappa shape index (κ2) is 3.12. The van der Waals surface area contributed by atoms with Crippen LogP contribution in [0.2, 0.25) is 0 Å². The third-order valence-electron chi connectivity index (χ3n) is 0.905. The number of hydrogen-bond acceptors (Lipinski definition) is 1. The minimum absolute atomic E-state index is 0. The van der Waals surface area contributed by atoms with Crippen molar-refractivity contribution in [3.63, 3.8) is 0 Å². The van der Waals surface area contributed by atoms with E-state index in [4.69, 9.17) is 5.73 Å². The zero-order valence-corrected chi connectivity index (χ0v) is 4.84. The Kier molecular flexibility index (Phi) is 2.78. The summed E-state index contributed by atoms with van der Waals surface area (Å²) in [5.74, 6) is -0.354. The van der Waals surface area contributed by atoms with Crippen molar-refractivity contribution < 1.29 is 4.39 Å². The van der Waals surface area contributed by atoms with E-state index in [9.17, 15) is 4.39 Å². The largest absolute Gasteiger partial charge is 0.396 e. The Bertz CT molecular complexity index is 169. The lowest BCUT2D eigenvalue weighted by Crippen LogP contribution is -1.86. The summed E-state index contributed by atoms with van der Waals surface area (Å²) in [6, 6.07) is 6.15. The lowest BCUT2D eigenvalue weighted by molar-refractivity contribution is 0.632. The van der Waals surface area contributed by atoms with Gasteiger partial charge in [-0.1, -0.05) is 12.1 Å². The average molecular weight is 122 g/mol. The molecule has 0 fully saturated rings. The molecule has 3 radical (unpaired) electrons. The Labute approximate surface area is 55.3 Å². The highest BCUT2D eigenvalue weighted by Crippen LogP contribution is 2.05. The van der Waals surface area contributed by atoms with Gasteiger partial charge in [-0.25, -0.2) is 4.39 Å². The molecule has 0 aliphatic carbocycles. The van der Waals surface area contributed by atoms with Crippen molar-refractivity contribution in [1.82, 2.24) is 0 Å². The number of para-hydroxylation sites is 1. The molecule has 0 unspecified atom stereocenters.